The molecule has 1 saturated heterocycles. The number of benzene rings is 1. The first-order chi connectivity index (χ1) is 9.77. The molecule has 5 nitrogen and oxygen atoms in total. The molecule has 0 aliphatic carbocycles. The van der Waals surface area contributed by atoms with Crippen molar-refractivity contribution in [2.45, 2.75) is 6.18 Å². The minimum Gasteiger partial charge on any atom is -0.410 e. The molecule has 0 unspecified atom stereocenters. The van der Waals surface area contributed by atoms with Gasteiger partial charge in [0.25, 0.3) is 0 Å². The van der Waals surface area contributed by atoms with E-state index in [4.69, 9.17) is 5.73 Å². The van der Waals surface area contributed by atoms with Crippen LogP contribution in [0.5, 0.6) is 5.75 Å². The van der Waals surface area contributed by atoms with Gasteiger partial charge in [-0.1, -0.05) is 0 Å². The van der Waals surface area contributed by atoms with Crippen molar-refractivity contribution in [1.29, 1.82) is 0 Å². The summed E-state index contributed by atoms with van der Waals surface area (Å²) in [5, 5.41) is 0. The van der Waals surface area contributed by atoms with Crippen LogP contribution in [0.25, 0.3) is 0 Å². The van der Waals surface area contributed by atoms with E-state index in [0.717, 1.165) is 6.07 Å². The van der Waals surface area contributed by atoms with Crippen LogP contribution in [-0.4, -0.2) is 44.2 Å². The van der Waals surface area contributed by atoms with Crippen molar-refractivity contribution >= 4 is 11.8 Å². The summed E-state index contributed by atoms with van der Waals surface area (Å²) in [6.45, 7) is 2.40. The fourth-order valence-electron chi connectivity index (χ4n) is 2.24. The molecule has 0 bridgehead atoms. The second-order valence-electron chi connectivity index (χ2n) is 4.89. The third kappa shape index (κ3) is 3.78. The maximum Gasteiger partial charge on any atom is 0.418 e. The van der Waals surface area contributed by atoms with Gasteiger partial charge in [0.05, 0.1) is 5.56 Å². The maximum atomic E-state index is 13.2. The summed E-state index contributed by atoms with van der Waals surface area (Å²) in [7, 11) is 1.92. The Balaban J connectivity index is 2.33. The van der Waals surface area contributed by atoms with Crippen LogP contribution in [-0.2, 0) is 6.18 Å². The summed E-state index contributed by atoms with van der Waals surface area (Å²) in [5.74, 6) is -0.215. The first-order valence-corrected chi connectivity index (χ1v) is 6.39. The SMILES string of the molecule is CN1CCN(c2ccc(OC(N)=O)cc2C(F)(F)F)CC1. The van der Waals surface area contributed by atoms with Crippen LogP contribution < -0.4 is 15.4 Å². The molecular weight excluding hydrogens is 287 g/mol. The zero-order chi connectivity index (χ0) is 15.6. The molecular formula is C13H16F3N3O2. The molecule has 1 heterocycles. The number of amides is 1. The summed E-state index contributed by atoms with van der Waals surface area (Å²) < 4.78 is 44.1. The predicted octanol–water partition coefficient (Wildman–Crippen LogP) is 1.91. The van der Waals surface area contributed by atoms with E-state index in [-0.39, 0.29) is 11.4 Å². The average molecular weight is 303 g/mol. The Morgan fingerprint density at radius 2 is 1.86 bits per heavy atom. The van der Waals surface area contributed by atoms with Crippen molar-refractivity contribution in [3.8, 4) is 5.75 Å². The molecule has 2 N–H and O–H groups in total. The van der Waals surface area contributed by atoms with Crippen molar-refractivity contribution in [2.75, 3.05) is 38.1 Å². The lowest BCUT2D eigenvalue weighted by Crippen LogP contribution is -2.45. The number of ether oxygens (including phenoxy) is 1. The normalized spacial score (nSPS) is 16.9. The van der Waals surface area contributed by atoms with Gasteiger partial charge in [0.2, 0.25) is 0 Å². The molecule has 116 valence electrons. The maximum absolute atomic E-state index is 13.2. The van der Waals surface area contributed by atoms with Crippen molar-refractivity contribution in [3.63, 3.8) is 0 Å². The number of nitrogens with two attached hydrogens (primary N) is 1. The molecule has 0 aromatic heterocycles. The van der Waals surface area contributed by atoms with E-state index < -0.39 is 17.8 Å². The highest BCUT2D eigenvalue weighted by Crippen LogP contribution is 2.39. The Labute approximate surface area is 120 Å². The monoisotopic (exact) mass is 303 g/mol. The first kappa shape index (κ1) is 15.4. The number of nitrogens with zero attached hydrogens (tertiary/aromatic N) is 2. The number of piperazine rings is 1. The van der Waals surface area contributed by atoms with Crippen molar-refractivity contribution in [3.05, 3.63) is 23.8 Å². The molecule has 2 rings (SSSR count). The molecule has 1 aromatic rings. The highest BCUT2D eigenvalue weighted by molar-refractivity contribution is 5.69. The van der Waals surface area contributed by atoms with Crippen LogP contribution in [0, 0.1) is 0 Å². The lowest BCUT2D eigenvalue weighted by molar-refractivity contribution is -0.137. The summed E-state index contributed by atoms with van der Waals surface area (Å²) in [6, 6.07) is 3.43. The lowest BCUT2D eigenvalue weighted by Gasteiger charge is -2.35. The number of hydrogen-bond acceptors (Lipinski definition) is 4. The van der Waals surface area contributed by atoms with Crippen LogP contribution in [0.15, 0.2) is 18.2 Å². The molecule has 1 amide bonds. The van der Waals surface area contributed by atoms with E-state index in [1.165, 1.54) is 12.1 Å². The Kier molecular flexibility index (Phi) is 4.26. The Morgan fingerprint density at radius 3 is 2.38 bits per heavy atom. The quantitative estimate of drug-likeness (QED) is 0.907. The number of carbonyl (C=O) groups excluding carboxylic acids is 1. The van der Waals surface area contributed by atoms with E-state index in [9.17, 15) is 18.0 Å². The van der Waals surface area contributed by atoms with E-state index in [1.54, 1.807) is 4.90 Å². The molecule has 1 aliphatic rings. The van der Waals surface area contributed by atoms with Crippen LogP contribution in [0.1, 0.15) is 5.56 Å². The van der Waals surface area contributed by atoms with Crippen LogP contribution in [0.2, 0.25) is 0 Å². The number of carbonyl (C=O) groups is 1. The summed E-state index contributed by atoms with van der Waals surface area (Å²) >= 11 is 0. The molecule has 1 fully saturated rings. The highest BCUT2D eigenvalue weighted by Gasteiger charge is 2.36. The zero-order valence-electron chi connectivity index (χ0n) is 11.5. The molecule has 21 heavy (non-hydrogen) atoms. The second kappa shape index (κ2) is 5.80. The smallest absolute Gasteiger partial charge is 0.410 e. The molecule has 0 radical (unpaired) electrons. The van der Waals surface area contributed by atoms with E-state index in [0.29, 0.717) is 26.2 Å². The third-order valence-electron chi connectivity index (χ3n) is 3.34. The fourth-order valence-corrected chi connectivity index (χ4v) is 2.24. The zero-order valence-corrected chi connectivity index (χ0v) is 11.5. The Bertz CT molecular complexity index is 526. The van der Waals surface area contributed by atoms with Crippen LogP contribution >= 0.6 is 0 Å². The molecule has 8 heteroatoms. The Hall–Kier alpha value is -1.96. The van der Waals surface area contributed by atoms with Gasteiger partial charge in [-0.15, -0.1) is 0 Å². The molecule has 0 saturated carbocycles. The standard InChI is InChI=1S/C13H16F3N3O2/c1-18-4-6-19(7-5-18)11-3-2-9(21-12(17)20)8-10(11)13(14,15)16/h2-3,8H,4-7H2,1H3,(H2,17,20). The van der Waals surface area contributed by atoms with Crippen molar-refractivity contribution in [1.82, 2.24) is 4.90 Å². The van der Waals surface area contributed by atoms with Gasteiger partial charge < -0.3 is 20.3 Å². The van der Waals surface area contributed by atoms with Gasteiger partial charge in [0, 0.05) is 31.9 Å². The van der Waals surface area contributed by atoms with E-state index in [1.807, 2.05) is 11.9 Å². The highest BCUT2D eigenvalue weighted by atomic mass is 19.4. The van der Waals surface area contributed by atoms with Crippen molar-refractivity contribution < 1.29 is 22.7 Å². The molecule has 0 spiro atoms. The number of anilines is 1. The first-order valence-electron chi connectivity index (χ1n) is 6.39. The average Bonchev–Trinajstić information content (AvgIpc) is 2.38. The van der Waals surface area contributed by atoms with E-state index in [2.05, 4.69) is 4.74 Å². The number of rotatable bonds is 2. The van der Waals surface area contributed by atoms with Gasteiger partial charge in [0.15, 0.2) is 0 Å². The summed E-state index contributed by atoms with van der Waals surface area (Å²) in [4.78, 5) is 14.4. The minimum atomic E-state index is -4.53. The van der Waals surface area contributed by atoms with Crippen LogP contribution in [0.4, 0.5) is 23.7 Å². The van der Waals surface area contributed by atoms with Gasteiger partial charge in [0.1, 0.15) is 5.75 Å². The predicted molar refractivity (Wildman–Crippen MR) is 71.4 cm³/mol. The van der Waals surface area contributed by atoms with Gasteiger partial charge in [-0.25, -0.2) is 4.79 Å². The number of alkyl halides is 3. The van der Waals surface area contributed by atoms with Gasteiger partial charge >= 0.3 is 12.3 Å². The lowest BCUT2D eigenvalue weighted by atomic mass is 10.1. The van der Waals surface area contributed by atoms with Gasteiger partial charge in [-0.05, 0) is 25.2 Å². The number of likely N-dealkylation sites (N-methyl/N-ethyl adjacent to an activating group) is 1. The number of halogens is 3. The number of hydrogen-bond donors (Lipinski definition) is 1. The van der Waals surface area contributed by atoms with Gasteiger partial charge in [-0.3, -0.25) is 0 Å². The molecule has 1 aromatic carbocycles. The van der Waals surface area contributed by atoms with Crippen molar-refractivity contribution in [2.24, 2.45) is 5.73 Å². The topological polar surface area (TPSA) is 58.8 Å². The minimum absolute atomic E-state index is 0.0902. The molecule has 0 atom stereocenters. The Morgan fingerprint density at radius 1 is 1.24 bits per heavy atom. The van der Waals surface area contributed by atoms with Gasteiger partial charge in [-0.2, -0.15) is 13.2 Å². The fraction of sp³-hybridized carbons (Fsp3) is 0.462. The summed E-state index contributed by atoms with van der Waals surface area (Å²) in [6.07, 6.45) is -5.68. The summed E-state index contributed by atoms with van der Waals surface area (Å²) in [5.41, 5.74) is 4.08. The van der Waals surface area contributed by atoms with E-state index >= 15 is 0 Å². The molecule has 1 aliphatic heterocycles. The largest absolute Gasteiger partial charge is 0.418 e. The second-order valence-corrected chi connectivity index (χ2v) is 4.89. The third-order valence-corrected chi connectivity index (χ3v) is 3.34. The number of primary amides is 1. The van der Waals surface area contributed by atoms with Crippen LogP contribution in [0.3, 0.4) is 0 Å².